The molecule has 0 unspecified atom stereocenters. The second-order valence-corrected chi connectivity index (χ2v) is 8.86. The lowest BCUT2D eigenvalue weighted by Gasteiger charge is -2.46. The number of β-amino-alcohol motifs (C(OH)–C–C–N with tert-alkyl or cyclic N) is 1. The minimum atomic E-state index is -0.658. The van der Waals surface area contributed by atoms with Crippen molar-refractivity contribution in [2.75, 3.05) is 29.9 Å². The highest BCUT2D eigenvalue weighted by atomic mass is 16.5. The van der Waals surface area contributed by atoms with E-state index in [1.165, 1.54) is 0 Å². The quantitative estimate of drug-likeness (QED) is 0.356. The molecule has 3 N–H and O–H groups in total. The highest BCUT2D eigenvalue weighted by Crippen LogP contribution is 2.37. The second kappa shape index (κ2) is 7.74. The van der Waals surface area contributed by atoms with Crippen LogP contribution in [-0.2, 0) is 0 Å². The zero-order chi connectivity index (χ0) is 23.3. The molecule has 9 heteroatoms. The van der Waals surface area contributed by atoms with E-state index in [1.807, 2.05) is 73.4 Å². The average Bonchev–Trinajstić information content (AvgIpc) is 3.47. The second-order valence-electron chi connectivity index (χ2n) is 8.86. The third-order valence-corrected chi connectivity index (χ3v) is 5.99. The summed E-state index contributed by atoms with van der Waals surface area (Å²) in [5, 5.41) is 13.6. The van der Waals surface area contributed by atoms with Crippen molar-refractivity contribution >= 4 is 33.9 Å². The maximum atomic E-state index is 10.1. The predicted molar refractivity (Wildman–Crippen MR) is 132 cm³/mol. The smallest absolute Gasteiger partial charge is 0.180 e. The molecular formula is C25H25N7O2. The van der Waals surface area contributed by atoms with E-state index in [0.29, 0.717) is 25.5 Å². The first-order valence-electron chi connectivity index (χ1n) is 11.3. The Bertz CT molecular complexity index is 1500. The van der Waals surface area contributed by atoms with Gasteiger partial charge in [0.15, 0.2) is 11.5 Å². The van der Waals surface area contributed by atoms with Crippen molar-refractivity contribution in [3.05, 3.63) is 61.3 Å². The van der Waals surface area contributed by atoms with Crippen LogP contribution in [0.5, 0.6) is 5.75 Å². The van der Waals surface area contributed by atoms with E-state index in [9.17, 15) is 5.11 Å². The molecule has 1 aliphatic rings. The summed E-state index contributed by atoms with van der Waals surface area (Å²) in [5.41, 5.74) is 5.43. The van der Waals surface area contributed by atoms with Gasteiger partial charge >= 0.3 is 0 Å². The third-order valence-electron chi connectivity index (χ3n) is 5.99. The number of aromatic amines is 1. The van der Waals surface area contributed by atoms with Gasteiger partial charge in [-0.15, -0.1) is 0 Å². The SMILES string of the molecule is CCOc1cc(Nc2nc(-c3cnc4cc[nH]c4c3)cn3ccnc23)ccc1N1CC(C)(O)C1. The minimum absolute atomic E-state index is 0.549. The van der Waals surface area contributed by atoms with E-state index in [0.717, 1.165) is 45.1 Å². The van der Waals surface area contributed by atoms with Crippen LogP contribution >= 0.6 is 0 Å². The van der Waals surface area contributed by atoms with Crippen molar-refractivity contribution in [1.82, 2.24) is 24.3 Å². The molecule has 34 heavy (non-hydrogen) atoms. The van der Waals surface area contributed by atoms with Gasteiger partial charge in [-0.25, -0.2) is 9.97 Å². The lowest BCUT2D eigenvalue weighted by molar-refractivity contribution is 0.0307. The topological polar surface area (TPSA) is 104 Å². The van der Waals surface area contributed by atoms with E-state index in [-0.39, 0.29) is 0 Å². The van der Waals surface area contributed by atoms with E-state index in [4.69, 9.17) is 9.72 Å². The molecule has 1 fully saturated rings. The van der Waals surface area contributed by atoms with Gasteiger partial charge in [-0.2, -0.15) is 0 Å². The molecule has 1 saturated heterocycles. The Kier molecular flexibility index (Phi) is 4.66. The van der Waals surface area contributed by atoms with Crippen LogP contribution in [0, 0.1) is 0 Å². The molecule has 4 aromatic heterocycles. The summed E-state index contributed by atoms with van der Waals surface area (Å²) in [5.74, 6) is 1.40. The fourth-order valence-corrected chi connectivity index (χ4v) is 4.44. The largest absolute Gasteiger partial charge is 0.492 e. The first-order valence-corrected chi connectivity index (χ1v) is 11.3. The van der Waals surface area contributed by atoms with E-state index >= 15 is 0 Å². The Morgan fingerprint density at radius 2 is 2.09 bits per heavy atom. The molecule has 5 heterocycles. The fourth-order valence-electron chi connectivity index (χ4n) is 4.44. The Morgan fingerprint density at radius 3 is 2.91 bits per heavy atom. The molecule has 0 spiro atoms. The van der Waals surface area contributed by atoms with Gasteiger partial charge in [-0.05, 0) is 38.1 Å². The number of rotatable bonds is 6. The van der Waals surface area contributed by atoms with Crippen molar-refractivity contribution in [3.63, 3.8) is 0 Å². The van der Waals surface area contributed by atoms with Crippen LogP contribution in [0.1, 0.15) is 13.8 Å². The van der Waals surface area contributed by atoms with E-state index in [2.05, 4.69) is 25.2 Å². The van der Waals surface area contributed by atoms with Gasteiger partial charge < -0.3 is 29.4 Å². The first-order chi connectivity index (χ1) is 16.5. The molecule has 1 aromatic carbocycles. The molecule has 0 aliphatic carbocycles. The van der Waals surface area contributed by atoms with Crippen LogP contribution in [0.15, 0.2) is 61.3 Å². The number of hydrogen-bond acceptors (Lipinski definition) is 7. The number of ether oxygens (including phenoxy) is 1. The summed E-state index contributed by atoms with van der Waals surface area (Å²) >= 11 is 0. The minimum Gasteiger partial charge on any atom is -0.492 e. The lowest BCUT2D eigenvalue weighted by Crippen LogP contribution is -2.60. The number of nitrogens with one attached hydrogen (secondary N) is 2. The van der Waals surface area contributed by atoms with Crippen LogP contribution < -0.4 is 15.0 Å². The molecule has 1 aliphatic heterocycles. The monoisotopic (exact) mass is 455 g/mol. The van der Waals surface area contributed by atoms with Gasteiger partial charge in [0.25, 0.3) is 0 Å². The van der Waals surface area contributed by atoms with Gasteiger partial charge in [0.05, 0.1) is 34.6 Å². The maximum Gasteiger partial charge on any atom is 0.180 e. The number of H-pyrrole nitrogens is 1. The third kappa shape index (κ3) is 3.60. The molecule has 0 radical (unpaired) electrons. The summed E-state index contributed by atoms with van der Waals surface area (Å²) in [6.07, 6.45) is 9.31. The summed E-state index contributed by atoms with van der Waals surface area (Å²) in [6, 6.07) is 9.95. The summed E-state index contributed by atoms with van der Waals surface area (Å²) in [7, 11) is 0. The average molecular weight is 456 g/mol. The number of fused-ring (bicyclic) bond motifs is 2. The first kappa shape index (κ1) is 20.5. The van der Waals surface area contributed by atoms with Crippen LogP contribution in [-0.4, -0.2) is 54.7 Å². The number of aromatic nitrogens is 5. The molecule has 0 amide bonds. The Morgan fingerprint density at radius 1 is 1.21 bits per heavy atom. The molecule has 0 bridgehead atoms. The highest BCUT2D eigenvalue weighted by molar-refractivity contribution is 5.81. The van der Waals surface area contributed by atoms with Gasteiger partial charge in [-0.1, -0.05) is 0 Å². The molecule has 172 valence electrons. The number of pyridine rings is 1. The Hall–Kier alpha value is -4.11. The zero-order valence-corrected chi connectivity index (χ0v) is 19.0. The van der Waals surface area contributed by atoms with Gasteiger partial charge in [0.2, 0.25) is 0 Å². The molecule has 0 atom stereocenters. The number of nitrogens with zero attached hydrogens (tertiary/aromatic N) is 5. The van der Waals surface area contributed by atoms with Gasteiger partial charge in [0, 0.05) is 61.4 Å². The van der Waals surface area contributed by atoms with Crippen molar-refractivity contribution in [1.29, 1.82) is 0 Å². The summed E-state index contributed by atoms with van der Waals surface area (Å²) < 4.78 is 7.87. The number of benzene rings is 1. The Balaban J connectivity index is 1.36. The molecule has 5 aromatic rings. The van der Waals surface area contributed by atoms with Crippen LogP contribution in [0.3, 0.4) is 0 Å². The number of hydrogen-bond donors (Lipinski definition) is 3. The van der Waals surface area contributed by atoms with E-state index < -0.39 is 5.60 Å². The molecule has 9 nitrogen and oxygen atoms in total. The standard InChI is InChI=1S/C25H25N7O2/c1-3-34-22-11-17(4-5-21(22)32-14-25(2,33)15-32)29-23-24-27-8-9-31(24)13-20(30-23)16-10-19-18(28-12-16)6-7-26-19/h4-13,26,33H,3,14-15H2,1-2H3,(H,29,30). The highest BCUT2D eigenvalue weighted by Gasteiger charge is 2.37. The summed E-state index contributed by atoms with van der Waals surface area (Å²) in [6.45, 7) is 5.52. The lowest BCUT2D eigenvalue weighted by atomic mass is 9.96. The predicted octanol–water partition coefficient (Wildman–Crippen LogP) is 3.99. The molecular weight excluding hydrogens is 430 g/mol. The normalized spacial score (nSPS) is 15.0. The number of anilines is 3. The van der Waals surface area contributed by atoms with Crippen molar-refractivity contribution < 1.29 is 9.84 Å². The van der Waals surface area contributed by atoms with Gasteiger partial charge in [-0.3, -0.25) is 4.98 Å². The van der Waals surface area contributed by atoms with Crippen LogP contribution in [0.4, 0.5) is 17.2 Å². The molecule has 6 rings (SSSR count). The summed E-state index contributed by atoms with van der Waals surface area (Å²) in [4.78, 5) is 19.2. The van der Waals surface area contributed by atoms with Crippen molar-refractivity contribution in [2.45, 2.75) is 19.4 Å². The number of imidazole rings is 1. The van der Waals surface area contributed by atoms with E-state index in [1.54, 1.807) is 6.20 Å². The van der Waals surface area contributed by atoms with Crippen LogP contribution in [0.25, 0.3) is 27.9 Å². The maximum absolute atomic E-state index is 10.1. The Labute approximate surface area is 196 Å². The van der Waals surface area contributed by atoms with Gasteiger partial charge in [0.1, 0.15) is 5.75 Å². The van der Waals surface area contributed by atoms with Crippen LogP contribution in [0.2, 0.25) is 0 Å². The zero-order valence-electron chi connectivity index (χ0n) is 19.0. The fraction of sp³-hybridized carbons (Fsp3) is 0.240. The van der Waals surface area contributed by atoms with Crippen molar-refractivity contribution in [3.8, 4) is 17.0 Å². The molecule has 0 saturated carbocycles. The number of aliphatic hydroxyl groups is 1. The van der Waals surface area contributed by atoms with Crippen molar-refractivity contribution in [2.24, 2.45) is 0 Å².